The van der Waals surface area contributed by atoms with Gasteiger partial charge in [0.15, 0.2) is 5.16 Å². The topological polar surface area (TPSA) is 64.0 Å². The molecule has 5 nitrogen and oxygen atoms in total. The van der Waals surface area contributed by atoms with Crippen LogP contribution in [0, 0.1) is 12.7 Å². The third-order valence-electron chi connectivity index (χ3n) is 4.60. The molecule has 0 atom stereocenters. The molecule has 1 N–H and O–H groups in total. The third-order valence-corrected chi connectivity index (χ3v) is 6.43. The van der Waals surface area contributed by atoms with Crippen molar-refractivity contribution in [2.24, 2.45) is 0 Å². The van der Waals surface area contributed by atoms with Crippen LogP contribution in [0.25, 0.3) is 16.6 Å². The van der Waals surface area contributed by atoms with E-state index in [1.165, 1.54) is 28.8 Å². The second-order valence-electron chi connectivity index (χ2n) is 6.83. The number of rotatable bonds is 5. The number of anilines is 1. The minimum absolute atomic E-state index is 0.0566. The Bertz CT molecular complexity index is 1340. The summed E-state index contributed by atoms with van der Waals surface area (Å²) in [5.74, 6) is -0.565. The van der Waals surface area contributed by atoms with Gasteiger partial charge < -0.3 is 5.32 Å². The summed E-state index contributed by atoms with van der Waals surface area (Å²) in [6.07, 6.45) is 0. The molecular weight excluding hydrogens is 481 g/mol. The number of aromatic nitrogens is 2. The van der Waals surface area contributed by atoms with Gasteiger partial charge in [0.25, 0.3) is 5.56 Å². The molecule has 0 bridgehead atoms. The van der Waals surface area contributed by atoms with E-state index < -0.39 is 5.82 Å². The largest absolute Gasteiger partial charge is 0.325 e. The second kappa shape index (κ2) is 9.03. The Hall–Kier alpha value is -2.97. The highest BCUT2D eigenvalue weighted by Gasteiger charge is 2.15. The molecule has 0 spiro atoms. The van der Waals surface area contributed by atoms with Crippen molar-refractivity contribution in [2.45, 2.75) is 12.1 Å². The molecule has 8 heteroatoms. The van der Waals surface area contributed by atoms with Gasteiger partial charge in [0.05, 0.1) is 22.3 Å². The minimum Gasteiger partial charge on any atom is -0.325 e. The summed E-state index contributed by atoms with van der Waals surface area (Å²) in [5.41, 5.74) is 2.44. The van der Waals surface area contributed by atoms with Crippen LogP contribution in [0.4, 0.5) is 10.1 Å². The Labute approximate surface area is 190 Å². The lowest BCUT2D eigenvalue weighted by Crippen LogP contribution is -2.23. The predicted octanol–water partition coefficient (Wildman–Crippen LogP) is 5.33. The van der Waals surface area contributed by atoms with E-state index >= 15 is 0 Å². The number of nitrogens with zero attached hydrogens (tertiary/aromatic N) is 2. The molecule has 31 heavy (non-hydrogen) atoms. The van der Waals surface area contributed by atoms with Gasteiger partial charge in [-0.25, -0.2) is 9.37 Å². The molecule has 156 valence electrons. The van der Waals surface area contributed by atoms with Crippen LogP contribution in [-0.2, 0) is 4.79 Å². The lowest BCUT2D eigenvalue weighted by molar-refractivity contribution is -0.113. The van der Waals surface area contributed by atoms with Crippen LogP contribution in [0.3, 0.4) is 0 Å². The monoisotopic (exact) mass is 497 g/mol. The van der Waals surface area contributed by atoms with Gasteiger partial charge in [0.2, 0.25) is 5.91 Å². The van der Waals surface area contributed by atoms with Gasteiger partial charge in [-0.3, -0.25) is 14.2 Å². The molecule has 1 aromatic heterocycles. The number of carbonyl (C=O) groups is 1. The number of amides is 1. The Morgan fingerprint density at radius 3 is 2.61 bits per heavy atom. The number of carbonyl (C=O) groups excluding carboxylic acids is 1. The molecule has 0 aliphatic rings. The first-order valence-electron chi connectivity index (χ1n) is 9.39. The van der Waals surface area contributed by atoms with E-state index in [0.29, 0.717) is 27.4 Å². The van der Waals surface area contributed by atoms with Gasteiger partial charge >= 0.3 is 0 Å². The highest BCUT2D eigenvalue weighted by atomic mass is 79.9. The molecule has 0 unspecified atom stereocenters. The van der Waals surface area contributed by atoms with Crippen molar-refractivity contribution in [3.05, 3.63) is 92.9 Å². The highest BCUT2D eigenvalue weighted by molar-refractivity contribution is 9.10. The first-order chi connectivity index (χ1) is 14.9. The van der Waals surface area contributed by atoms with Crippen LogP contribution in [-0.4, -0.2) is 21.2 Å². The maximum absolute atomic E-state index is 13.4. The van der Waals surface area contributed by atoms with E-state index in [0.717, 1.165) is 21.8 Å². The number of halogens is 2. The molecule has 0 fully saturated rings. The number of nitrogens with one attached hydrogen (secondary N) is 1. The molecular formula is C23H17BrFN3O2S. The molecule has 1 heterocycles. The first-order valence-corrected chi connectivity index (χ1v) is 11.2. The van der Waals surface area contributed by atoms with Crippen LogP contribution in [0.2, 0.25) is 0 Å². The molecule has 0 aliphatic carbocycles. The Balaban J connectivity index is 1.65. The van der Waals surface area contributed by atoms with Crippen molar-refractivity contribution in [3.63, 3.8) is 0 Å². The smallest absolute Gasteiger partial charge is 0.266 e. The summed E-state index contributed by atoms with van der Waals surface area (Å²) in [6, 6.07) is 18.2. The van der Waals surface area contributed by atoms with Crippen LogP contribution in [0.5, 0.6) is 0 Å². The number of fused-ring (bicyclic) bond motifs is 1. The molecule has 3 aromatic carbocycles. The quantitative estimate of drug-likeness (QED) is 0.299. The van der Waals surface area contributed by atoms with Gasteiger partial charge in [-0.2, -0.15) is 0 Å². The van der Waals surface area contributed by atoms with Crippen molar-refractivity contribution in [2.75, 3.05) is 11.1 Å². The first kappa shape index (κ1) is 21.3. The summed E-state index contributed by atoms with van der Waals surface area (Å²) >= 11 is 4.58. The summed E-state index contributed by atoms with van der Waals surface area (Å²) in [7, 11) is 0. The number of aryl methyl sites for hydroxylation is 1. The summed E-state index contributed by atoms with van der Waals surface area (Å²) in [5, 5.41) is 3.66. The normalized spacial score (nSPS) is 10.9. The zero-order valence-corrected chi connectivity index (χ0v) is 18.8. The lowest BCUT2D eigenvalue weighted by atomic mass is 10.2. The number of para-hydroxylation sites is 1. The molecule has 0 saturated heterocycles. The fraction of sp³-hybridized carbons (Fsp3) is 0.0870. The van der Waals surface area contributed by atoms with E-state index in [1.807, 2.05) is 25.1 Å². The van der Waals surface area contributed by atoms with Gasteiger partial charge in [0.1, 0.15) is 5.82 Å². The summed E-state index contributed by atoms with van der Waals surface area (Å²) in [6.45, 7) is 1.94. The molecule has 0 radical (unpaired) electrons. The number of hydrogen-bond donors (Lipinski definition) is 1. The second-order valence-corrected chi connectivity index (χ2v) is 8.63. The van der Waals surface area contributed by atoms with Crippen molar-refractivity contribution in [3.8, 4) is 5.69 Å². The number of thioether (sulfide) groups is 1. The summed E-state index contributed by atoms with van der Waals surface area (Å²) in [4.78, 5) is 30.3. The lowest BCUT2D eigenvalue weighted by Gasteiger charge is -2.13. The fourth-order valence-corrected chi connectivity index (χ4v) is 4.14. The van der Waals surface area contributed by atoms with Crippen LogP contribution < -0.4 is 10.9 Å². The van der Waals surface area contributed by atoms with Gasteiger partial charge in [0, 0.05) is 10.2 Å². The van der Waals surface area contributed by atoms with Crippen LogP contribution in [0.1, 0.15) is 5.56 Å². The standard InChI is InChI=1S/C23H17BrFN3O2S/c1-14-12-16(8-11-19(14)24)26-21(29)13-31-23-27-20-5-3-2-4-18(20)22(30)28(23)17-9-6-15(25)7-10-17/h2-12H,13H2,1H3,(H,26,29). The molecule has 1 amide bonds. The van der Waals surface area contributed by atoms with Crippen LogP contribution in [0.15, 0.2) is 81.2 Å². The Morgan fingerprint density at radius 2 is 1.87 bits per heavy atom. The average molecular weight is 498 g/mol. The zero-order valence-electron chi connectivity index (χ0n) is 16.4. The SMILES string of the molecule is Cc1cc(NC(=O)CSc2nc3ccccc3c(=O)n2-c2ccc(F)cc2)ccc1Br. The average Bonchev–Trinajstić information content (AvgIpc) is 2.76. The zero-order chi connectivity index (χ0) is 22.0. The maximum Gasteiger partial charge on any atom is 0.266 e. The van der Waals surface area contributed by atoms with Crippen molar-refractivity contribution in [1.82, 2.24) is 9.55 Å². The summed E-state index contributed by atoms with van der Waals surface area (Å²) < 4.78 is 15.8. The van der Waals surface area contributed by atoms with E-state index in [-0.39, 0.29) is 17.2 Å². The molecule has 4 rings (SSSR count). The maximum atomic E-state index is 13.4. The van der Waals surface area contributed by atoms with E-state index in [1.54, 1.807) is 24.3 Å². The predicted molar refractivity (Wildman–Crippen MR) is 126 cm³/mol. The number of hydrogen-bond acceptors (Lipinski definition) is 4. The van der Waals surface area contributed by atoms with Crippen molar-refractivity contribution in [1.29, 1.82) is 0 Å². The Morgan fingerprint density at radius 1 is 1.13 bits per heavy atom. The van der Waals surface area contributed by atoms with E-state index in [9.17, 15) is 14.0 Å². The number of benzene rings is 3. The van der Waals surface area contributed by atoms with Gasteiger partial charge in [-0.05, 0) is 67.1 Å². The van der Waals surface area contributed by atoms with E-state index in [2.05, 4.69) is 26.2 Å². The van der Waals surface area contributed by atoms with Crippen molar-refractivity contribution < 1.29 is 9.18 Å². The van der Waals surface area contributed by atoms with Gasteiger partial charge in [-0.1, -0.05) is 39.8 Å². The van der Waals surface area contributed by atoms with Crippen molar-refractivity contribution >= 4 is 50.2 Å². The molecule has 0 aliphatic heterocycles. The minimum atomic E-state index is -0.399. The fourth-order valence-electron chi connectivity index (χ4n) is 3.08. The Kier molecular flexibility index (Phi) is 6.20. The van der Waals surface area contributed by atoms with Crippen LogP contribution >= 0.6 is 27.7 Å². The molecule has 0 saturated carbocycles. The molecule has 4 aromatic rings. The van der Waals surface area contributed by atoms with Gasteiger partial charge in [-0.15, -0.1) is 0 Å². The highest BCUT2D eigenvalue weighted by Crippen LogP contribution is 2.23. The third kappa shape index (κ3) is 4.70. The van der Waals surface area contributed by atoms with E-state index in [4.69, 9.17) is 0 Å².